The van der Waals surface area contributed by atoms with E-state index >= 15 is 0 Å². The minimum atomic E-state index is 0.325. The van der Waals surface area contributed by atoms with Gasteiger partial charge in [0.15, 0.2) is 23.7 Å². The highest BCUT2D eigenvalue weighted by Crippen LogP contribution is 2.50. The summed E-state index contributed by atoms with van der Waals surface area (Å²) in [4.78, 5) is 0. The van der Waals surface area contributed by atoms with Gasteiger partial charge in [-0.1, -0.05) is 259 Å². The van der Waals surface area contributed by atoms with Crippen molar-refractivity contribution < 1.29 is 26.5 Å². The number of pyridine rings is 4. The summed E-state index contributed by atoms with van der Waals surface area (Å²) < 4.78 is 62.2. The zero-order chi connectivity index (χ0) is 96.4. The van der Waals surface area contributed by atoms with Gasteiger partial charge in [0.05, 0.1) is 43.7 Å². The zero-order valence-corrected chi connectivity index (χ0v) is 84.1. The molecule has 10 fully saturated rings. The third-order valence-corrected chi connectivity index (χ3v) is 36.0. The lowest BCUT2D eigenvalue weighted by atomic mass is 9.76. The molecule has 0 bridgehead atoms. The van der Waals surface area contributed by atoms with Crippen molar-refractivity contribution in [3.63, 3.8) is 0 Å². The molecular weight excluding hydrogens is 1610 g/mol. The van der Waals surface area contributed by atoms with Crippen LogP contribution in [0.3, 0.4) is 0 Å². The normalized spacial score (nSPS) is 20.2. The molecule has 10 aliphatic rings. The van der Waals surface area contributed by atoms with Crippen molar-refractivity contribution in [1.29, 1.82) is 0 Å². The fourth-order valence-corrected chi connectivity index (χ4v) is 27.6. The maximum atomic E-state index is 8.98. The van der Waals surface area contributed by atoms with E-state index in [1.165, 1.54) is 425 Å². The first-order valence-corrected chi connectivity index (χ1v) is 54.8. The topological polar surface area (TPSA) is 15.5 Å². The summed E-state index contributed by atoms with van der Waals surface area (Å²) in [6.45, 7) is 15.7. The minimum Gasteiger partial charge on any atom is -0.200 e. The van der Waals surface area contributed by atoms with E-state index in [1.807, 2.05) is 23.2 Å². The molecule has 0 amide bonds. The van der Waals surface area contributed by atoms with Crippen LogP contribution in [0.4, 0.5) is 0 Å². The second-order valence-electron chi connectivity index (χ2n) is 44.5. The summed E-state index contributed by atoms with van der Waals surface area (Å²) in [5.74, 6) is 6.61. The molecule has 0 atom stereocenters. The first-order valence-electron chi connectivity index (χ1n) is 57.8. The van der Waals surface area contributed by atoms with Crippen molar-refractivity contribution in [3.8, 4) is 45.0 Å². The van der Waals surface area contributed by atoms with E-state index in [2.05, 4.69) is 199 Å². The molecule has 0 radical (unpaired) electrons. The highest BCUT2D eigenvalue weighted by Gasteiger charge is 2.34. The Bertz CT molecular complexity index is 6450. The van der Waals surface area contributed by atoms with E-state index in [4.69, 9.17) is 8.22 Å². The Morgan fingerprint density at radius 3 is 0.782 bits per heavy atom. The standard InChI is InChI=1S/C35H46N.C33H42N.C31H40N.C30H38N/c1-25-33(28-16-10-5-11-17-28)23-31(27-14-8-4-9-15-27)24-34(25)35-32-19-18-29(26-12-6-3-7-13-26)22-30(32)20-21-36(35)2;1-23-31(26-14-8-9-15-26)21-29(25-12-6-7-13-25)22-32(23)33-30-17-16-27(24-10-4-3-5-11-24)20-28(30)18-19-34(33)2;1-21-17-27(25-13-9-6-10-14-25)20-30(23(21)3)31-29-16-15-26(24-11-7-5-8-12-24)19-28(29)18-22(2)32(31)4;1-21-14-15-26(24-12-8-5-9-13-24)20-29(21)30-28-17-16-25(23-10-6-4-7-11-23)19-27(28)18-22(2)31(30)3/h18-24,26-28H,3-17H2,1-2H3;16-22,24-26H,3-15H2,1-2H3;15-20,24-25H,5-14H2,1-4H3;14-20,23-24H,4-13H2,1-3H3/q4*+1/i20D,21D;18D,19D;2*18D. The summed E-state index contributed by atoms with van der Waals surface area (Å²) in [5, 5.41) is 8.93. The molecule has 4 aromatic heterocycles. The SMILES string of the molecule is [2H]c1c(C)[n+](C)c(-c2cc(C3CCCCC3)cc(C)c2C)c2ccc(C3CCCCC3)cc12.[2H]c1c(C)[n+](C)c(-c2cc(C3CCCCC3)ccc2C)c2ccc(C3CCCCC3)cc12.[2H]c1c([2H])[n+](C)c(-c2cc(C3CCCC3)cc(C3CCCC3)c2C)c2ccc(C3CCCCC3)cc12.[2H]c1c([2H])[n+](C)c(-c2cc(C3CCCCC3)cc(C3CCCCC3)c2C)c2ccc(C3CCCCC3)cc12. The second-order valence-corrected chi connectivity index (χ2v) is 44.5. The van der Waals surface area contributed by atoms with E-state index in [1.54, 1.807) is 11.1 Å². The van der Waals surface area contributed by atoms with Crippen LogP contribution in [0.25, 0.3) is 88.1 Å². The number of hydrogen-bond acceptors (Lipinski definition) is 0. The summed E-state index contributed by atoms with van der Waals surface area (Å²) >= 11 is 0. The first-order chi connectivity index (χ1) is 67.5. The highest BCUT2D eigenvalue weighted by molar-refractivity contribution is 5.98. The Balaban J connectivity index is 0.000000118. The van der Waals surface area contributed by atoms with Gasteiger partial charge in [0.1, 0.15) is 30.9 Å². The van der Waals surface area contributed by atoms with E-state index < -0.39 is 0 Å². The number of aromatic nitrogens is 4. The van der Waals surface area contributed by atoms with Crippen molar-refractivity contribution in [3.05, 3.63) is 259 Å². The molecule has 4 heteroatoms. The van der Waals surface area contributed by atoms with E-state index in [-0.39, 0.29) is 0 Å². The molecule has 0 aliphatic heterocycles. The number of aryl methyl sites for hydroxylation is 2. The fraction of sp³-hybridized carbons (Fsp3) is 0.535. The average molecular weight is 1780 g/mol. The van der Waals surface area contributed by atoms with Gasteiger partial charge in [-0.25, -0.2) is 9.13 Å². The van der Waals surface area contributed by atoms with Gasteiger partial charge < -0.3 is 0 Å². The van der Waals surface area contributed by atoms with Crippen LogP contribution in [0.2, 0.25) is 0 Å². The van der Waals surface area contributed by atoms with Crippen LogP contribution in [-0.2, 0) is 28.2 Å². The Labute approximate surface area is 812 Å². The van der Waals surface area contributed by atoms with E-state index in [0.29, 0.717) is 95.7 Å². The van der Waals surface area contributed by atoms with Gasteiger partial charge in [0, 0.05) is 43.6 Å². The lowest BCUT2D eigenvalue weighted by Gasteiger charge is -2.28. The Morgan fingerprint density at radius 1 is 0.218 bits per heavy atom. The van der Waals surface area contributed by atoms with Gasteiger partial charge in [-0.15, -0.1) is 0 Å². The molecule has 12 aromatic rings. The molecule has 22 rings (SSSR count). The van der Waals surface area contributed by atoms with Crippen LogP contribution < -0.4 is 18.3 Å². The van der Waals surface area contributed by atoms with Gasteiger partial charge in [0.25, 0.3) is 0 Å². The number of benzene rings is 8. The van der Waals surface area contributed by atoms with Crippen LogP contribution in [0, 0.1) is 48.5 Å². The fourth-order valence-electron chi connectivity index (χ4n) is 27.6. The third-order valence-electron chi connectivity index (χ3n) is 36.0. The predicted molar refractivity (Wildman–Crippen MR) is 564 cm³/mol. The average Bonchev–Trinajstić information content (AvgIpc) is 1.68. The third kappa shape index (κ3) is 20.7. The van der Waals surface area contributed by atoms with Gasteiger partial charge >= 0.3 is 0 Å². The molecule has 0 N–H and O–H groups in total. The Morgan fingerprint density at radius 2 is 0.459 bits per heavy atom. The van der Waals surface area contributed by atoms with Gasteiger partial charge in [-0.05, 0) is 376 Å². The molecule has 10 aliphatic carbocycles. The van der Waals surface area contributed by atoms with Crippen LogP contribution in [0.15, 0.2) is 164 Å². The first kappa shape index (κ1) is 86.0. The Kier molecular flexibility index (Phi) is 27.8. The smallest absolute Gasteiger partial charge is 0.200 e. The molecule has 4 nitrogen and oxygen atoms in total. The zero-order valence-electron chi connectivity index (χ0n) is 90.1. The van der Waals surface area contributed by atoms with Crippen molar-refractivity contribution in [1.82, 2.24) is 0 Å². The monoisotopic (exact) mass is 1780 g/mol. The lowest BCUT2D eigenvalue weighted by Crippen LogP contribution is -2.35. The molecular formula is C129H166N4+4. The molecule has 133 heavy (non-hydrogen) atoms. The second kappa shape index (κ2) is 43.0. The maximum Gasteiger partial charge on any atom is 0.220 e. The summed E-state index contributed by atoms with van der Waals surface area (Å²) in [6, 6.07) is 52.2. The van der Waals surface area contributed by atoms with E-state index in [9.17, 15) is 0 Å². The summed E-state index contributed by atoms with van der Waals surface area (Å²) in [5.41, 5.74) is 34.0. The van der Waals surface area contributed by atoms with Crippen LogP contribution in [0.1, 0.15) is 470 Å². The largest absolute Gasteiger partial charge is 0.220 e. The number of rotatable bonds is 14. The molecule has 0 saturated heterocycles. The van der Waals surface area contributed by atoms with Crippen molar-refractivity contribution in [2.45, 2.75) is 416 Å². The minimum absolute atomic E-state index is 0.325. The highest BCUT2D eigenvalue weighted by atomic mass is 15.0. The molecule has 8 aromatic carbocycles. The van der Waals surface area contributed by atoms with Gasteiger partial charge in [0.2, 0.25) is 22.8 Å². The summed E-state index contributed by atoms with van der Waals surface area (Å²) in [6.07, 6.45) is 64.4. The van der Waals surface area contributed by atoms with Gasteiger partial charge in [-0.3, -0.25) is 0 Å². The maximum absolute atomic E-state index is 8.98. The van der Waals surface area contributed by atoms with Crippen molar-refractivity contribution in [2.75, 3.05) is 0 Å². The van der Waals surface area contributed by atoms with Gasteiger partial charge in [-0.2, -0.15) is 9.13 Å². The number of nitrogens with zero attached hydrogens (tertiary/aromatic N) is 4. The van der Waals surface area contributed by atoms with Crippen LogP contribution in [-0.4, -0.2) is 0 Å². The van der Waals surface area contributed by atoms with E-state index in [0.717, 1.165) is 55.1 Å². The lowest BCUT2D eigenvalue weighted by molar-refractivity contribution is -0.665. The van der Waals surface area contributed by atoms with Crippen molar-refractivity contribution in [2.24, 2.45) is 28.2 Å². The van der Waals surface area contributed by atoms with Crippen LogP contribution in [0.5, 0.6) is 0 Å². The van der Waals surface area contributed by atoms with Crippen LogP contribution >= 0.6 is 0 Å². The molecule has 10 saturated carbocycles. The number of fused-ring (bicyclic) bond motifs is 4. The van der Waals surface area contributed by atoms with Crippen molar-refractivity contribution >= 4 is 43.1 Å². The number of hydrogen-bond donors (Lipinski definition) is 0. The Hall–Kier alpha value is -8.60. The quantitative estimate of drug-likeness (QED) is 0.0965. The molecule has 4 heterocycles. The molecule has 0 unspecified atom stereocenters. The summed E-state index contributed by atoms with van der Waals surface area (Å²) in [7, 11) is 8.31. The molecule has 0 spiro atoms. The molecule has 698 valence electrons. The predicted octanol–water partition coefficient (Wildman–Crippen LogP) is 35.2.